The van der Waals surface area contributed by atoms with Crippen molar-refractivity contribution in [1.29, 1.82) is 0 Å². The monoisotopic (exact) mass is 543 g/mol. The summed E-state index contributed by atoms with van der Waals surface area (Å²) in [5.41, 5.74) is -0.698. The van der Waals surface area contributed by atoms with Gasteiger partial charge in [-0.1, -0.05) is 13.8 Å². The summed E-state index contributed by atoms with van der Waals surface area (Å²) in [5, 5.41) is 2.81. The van der Waals surface area contributed by atoms with Crippen molar-refractivity contribution in [3.8, 4) is 0 Å². The lowest BCUT2D eigenvalue weighted by Gasteiger charge is -2.41. The molecular formula is C28H46BN5O5. The number of likely N-dealkylation sites (tertiary alicyclic amines) is 1. The zero-order valence-corrected chi connectivity index (χ0v) is 25.1. The highest BCUT2D eigenvalue weighted by Gasteiger charge is 2.52. The average molecular weight is 544 g/mol. The molecule has 1 saturated carbocycles. The highest BCUT2D eigenvalue weighted by atomic mass is 16.7. The molecule has 0 radical (unpaired) electrons. The topological polar surface area (TPSA) is 106 Å². The van der Waals surface area contributed by atoms with Gasteiger partial charge in [0.05, 0.1) is 11.2 Å². The number of carbonyl (C=O) groups is 2. The Hall–Kier alpha value is -2.40. The Morgan fingerprint density at radius 3 is 2.18 bits per heavy atom. The molecule has 2 atom stereocenters. The summed E-state index contributed by atoms with van der Waals surface area (Å²) >= 11 is 0. The maximum absolute atomic E-state index is 13.6. The molecule has 1 N–H and O–H groups in total. The molecule has 1 aliphatic carbocycles. The molecule has 1 aromatic rings. The van der Waals surface area contributed by atoms with Crippen LogP contribution in [-0.2, 0) is 18.8 Å². The van der Waals surface area contributed by atoms with Gasteiger partial charge in [-0.25, -0.2) is 14.8 Å². The van der Waals surface area contributed by atoms with Crippen molar-refractivity contribution in [1.82, 2.24) is 20.2 Å². The van der Waals surface area contributed by atoms with Gasteiger partial charge in [0.25, 0.3) is 0 Å². The second-order valence-corrected chi connectivity index (χ2v) is 13.5. The van der Waals surface area contributed by atoms with Crippen molar-refractivity contribution in [2.24, 2.45) is 5.92 Å². The predicted molar refractivity (Wildman–Crippen MR) is 151 cm³/mol. The summed E-state index contributed by atoms with van der Waals surface area (Å²) in [4.78, 5) is 39.7. The van der Waals surface area contributed by atoms with Gasteiger partial charge >= 0.3 is 13.2 Å². The van der Waals surface area contributed by atoms with E-state index in [1.807, 2.05) is 67.2 Å². The van der Waals surface area contributed by atoms with Crippen LogP contribution in [0.5, 0.6) is 0 Å². The molecule has 2 aliphatic heterocycles. The third kappa shape index (κ3) is 6.85. The van der Waals surface area contributed by atoms with E-state index in [-0.39, 0.29) is 17.9 Å². The summed E-state index contributed by atoms with van der Waals surface area (Å²) in [5.74, 6) is 0.522. The third-order valence-electron chi connectivity index (χ3n) is 8.06. The van der Waals surface area contributed by atoms with E-state index in [2.05, 4.69) is 10.2 Å². The quantitative estimate of drug-likeness (QED) is 0.523. The minimum absolute atomic E-state index is 0.0733. The Morgan fingerprint density at radius 2 is 1.67 bits per heavy atom. The van der Waals surface area contributed by atoms with Gasteiger partial charge < -0.3 is 29.2 Å². The SMILES string of the molecule is CC(C)[C@H](NC(=O)OC(C)(C)C)C(=O)N1CCC[C@H](N(c2ncc(B3OC(C)(C)C(C)(C)O3)cn2)C2CC2)C1. The normalized spacial score (nSPS) is 23.5. The number of carbonyl (C=O) groups excluding carboxylic acids is 2. The molecule has 0 spiro atoms. The Morgan fingerprint density at radius 1 is 1.08 bits per heavy atom. The van der Waals surface area contributed by atoms with Crippen LogP contribution in [0.3, 0.4) is 0 Å². The van der Waals surface area contributed by atoms with Crippen LogP contribution in [0.25, 0.3) is 0 Å². The highest BCUT2D eigenvalue weighted by molar-refractivity contribution is 6.61. The first-order valence-corrected chi connectivity index (χ1v) is 14.3. The lowest BCUT2D eigenvalue weighted by molar-refractivity contribution is -0.135. The van der Waals surface area contributed by atoms with Crippen LogP contribution in [0.4, 0.5) is 10.7 Å². The molecule has 0 unspecified atom stereocenters. The van der Waals surface area contributed by atoms with E-state index in [0.29, 0.717) is 25.1 Å². The number of anilines is 1. The van der Waals surface area contributed by atoms with E-state index in [4.69, 9.17) is 24.0 Å². The van der Waals surface area contributed by atoms with E-state index < -0.39 is 36.1 Å². The molecule has 4 rings (SSSR count). The number of hydrogen-bond donors (Lipinski definition) is 1. The molecule has 3 aliphatic rings. The molecule has 3 heterocycles. The largest absolute Gasteiger partial charge is 0.498 e. The third-order valence-corrected chi connectivity index (χ3v) is 8.06. The van der Waals surface area contributed by atoms with E-state index >= 15 is 0 Å². The number of rotatable bonds is 7. The van der Waals surface area contributed by atoms with Crippen LogP contribution in [0.15, 0.2) is 12.4 Å². The fourth-order valence-corrected chi connectivity index (χ4v) is 5.07. The second kappa shape index (κ2) is 10.9. The molecule has 0 bridgehead atoms. The van der Waals surface area contributed by atoms with Crippen molar-refractivity contribution < 1.29 is 23.6 Å². The molecule has 39 heavy (non-hydrogen) atoms. The van der Waals surface area contributed by atoms with E-state index in [1.54, 1.807) is 12.4 Å². The first-order valence-electron chi connectivity index (χ1n) is 14.3. The van der Waals surface area contributed by atoms with Gasteiger partial charge in [-0.05, 0) is 80.1 Å². The molecule has 2 amide bonds. The van der Waals surface area contributed by atoms with E-state index in [0.717, 1.165) is 31.1 Å². The summed E-state index contributed by atoms with van der Waals surface area (Å²) in [6.07, 6.45) is 7.02. The van der Waals surface area contributed by atoms with Crippen molar-refractivity contribution >= 4 is 30.5 Å². The number of aromatic nitrogens is 2. The molecule has 10 nitrogen and oxygen atoms in total. The van der Waals surface area contributed by atoms with Gasteiger partial charge in [0.15, 0.2) is 0 Å². The summed E-state index contributed by atoms with van der Waals surface area (Å²) in [6.45, 7) is 18.6. The van der Waals surface area contributed by atoms with Crippen molar-refractivity contribution in [2.75, 3.05) is 18.0 Å². The molecule has 216 valence electrons. The lowest BCUT2D eigenvalue weighted by atomic mass is 9.81. The van der Waals surface area contributed by atoms with Crippen LogP contribution in [0.1, 0.15) is 88.0 Å². The zero-order valence-electron chi connectivity index (χ0n) is 25.1. The van der Waals surface area contributed by atoms with Crippen molar-refractivity contribution in [3.63, 3.8) is 0 Å². The number of piperidine rings is 1. The standard InChI is InChI=1S/C28H46BN5O5/c1-18(2)22(32-25(36)37-26(3,4)5)23(35)33-14-10-11-21(17-33)34(20-12-13-20)24-30-15-19(16-31-24)29-38-27(6,7)28(8,9)39-29/h15-16,18,20-22H,10-14,17H2,1-9H3,(H,32,36)/t21-,22-/m0/s1. The van der Waals surface area contributed by atoms with Crippen LogP contribution in [0, 0.1) is 5.92 Å². The fraction of sp³-hybridized carbons (Fsp3) is 0.786. The van der Waals surface area contributed by atoms with Gasteiger partial charge in [0, 0.05) is 43.0 Å². The Kier molecular flexibility index (Phi) is 8.25. The maximum Gasteiger partial charge on any atom is 0.498 e. The van der Waals surface area contributed by atoms with Crippen LogP contribution < -0.4 is 15.7 Å². The number of amides is 2. The first kappa shape index (κ1) is 29.6. The molecule has 3 fully saturated rings. The number of ether oxygens (including phenoxy) is 1. The smallest absolute Gasteiger partial charge is 0.444 e. The molecule has 2 saturated heterocycles. The minimum Gasteiger partial charge on any atom is -0.444 e. The van der Waals surface area contributed by atoms with Gasteiger partial charge in [0.2, 0.25) is 11.9 Å². The zero-order chi connectivity index (χ0) is 28.8. The fourth-order valence-electron chi connectivity index (χ4n) is 5.07. The lowest BCUT2D eigenvalue weighted by Crippen LogP contribution is -2.57. The number of nitrogens with zero attached hydrogens (tertiary/aromatic N) is 4. The highest BCUT2D eigenvalue weighted by Crippen LogP contribution is 2.37. The van der Waals surface area contributed by atoms with Crippen molar-refractivity contribution in [2.45, 2.75) is 123 Å². The Bertz CT molecular complexity index is 1020. The maximum atomic E-state index is 13.6. The Balaban J connectivity index is 1.45. The van der Waals surface area contributed by atoms with Crippen LogP contribution >= 0.6 is 0 Å². The molecule has 1 aromatic heterocycles. The number of hydrogen-bond acceptors (Lipinski definition) is 8. The van der Waals surface area contributed by atoms with Gasteiger partial charge in [-0.2, -0.15) is 0 Å². The predicted octanol–water partition coefficient (Wildman–Crippen LogP) is 3.28. The van der Waals surface area contributed by atoms with Crippen LogP contribution in [0.2, 0.25) is 0 Å². The van der Waals surface area contributed by atoms with Crippen LogP contribution in [-0.4, -0.2) is 82.0 Å². The number of nitrogens with one attached hydrogen (secondary N) is 1. The van der Waals surface area contributed by atoms with Gasteiger partial charge in [-0.15, -0.1) is 0 Å². The molecular weight excluding hydrogens is 497 g/mol. The van der Waals surface area contributed by atoms with E-state index in [1.165, 1.54) is 0 Å². The minimum atomic E-state index is -0.650. The van der Waals surface area contributed by atoms with Crippen molar-refractivity contribution in [3.05, 3.63) is 12.4 Å². The van der Waals surface area contributed by atoms with Gasteiger partial charge in [-0.3, -0.25) is 4.79 Å². The first-order chi connectivity index (χ1) is 18.1. The Labute approximate surface area is 233 Å². The van der Waals surface area contributed by atoms with E-state index in [9.17, 15) is 9.59 Å². The summed E-state index contributed by atoms with van der Waals surface area (Å²) in [7, 11) is -0.508. The molecule has 11 heteroatoms. The summed E-state index contributed by atoms with van der Waals surface area (Å²) in [6, 6.07) is -0.177. The average Bonchev–Trinajstić information content (AvgIpc) is 3.62. The van der Waals surface area contributed by atoms with Gasteiger partial charge in [0.1, 0.15) is 11.6 Å². The second-order valence-electron chi connectivity index (χ2n) is 13.5. The number of alkyl carbamates (subject to hydrolysis) is 1. The summed E-state index contributed by atoms with van der Waals surface area (Å²) < 4.78 is 17.7. The molecule has 0 aromatic carbocycles.